The van der Waals surface area contributed by atoms with Crippen molar-refractivity contribution in [3.8, 4) is 5.75 Å². The lowest BCUT2D eigenvalue weighted by molar-refractivity contribution is 0.183. The van der Waals surface area contributed by atoms with Crippen LogP contribution >= 0.6 is 0 Å². The van der Waals surface area contributed by atoms with E-state index in [-0.39, 0.29) is 0 Å². The summed E-state index contributed by atoms with van der Waals surface area (Å²) in [6, 6.07) is 2.40. The number of methoxy groups -OCH3 is 1. The van der Waals surface area contributed by atoms with Crippen LogP contribution in [0.25, 0.3) is 0 Å². The molecule has 94 valence electrons. The molecular formula is C13H20N2O2. The molecule has 0 spiro atoms. The van der Waals surface area contributed by atoms with Gasteiger partial charge >= 0.3 is 0 Å². The summed E-state index contributed by atoms with van der Waals surface area (Å²) >= 11 is 0. The van der Waals surface area contributed by atoms with Gasteiger partial charge in [-0.05, 0) is 26.3 Å². The molecule has 4 heteroatoms. The molecule has 1 aromatic rings. The summed E-state index contributed by atoms with van der Waals surface area (Å²) in [4.78, 5) is 4.23. The quantitative estimate of drug-likeness (QED) is 0.870. The van der Waals surface area contributed by atoms with Gasteiger partial charge in [0.25, 0.3) is 0 Å². The molecule has 0 saturated carbocycles. The summed E-state index contributed by atoms with van der Waals surface area (Å²) in [5, 5.41) is 3.50. The Morgan fingerprint density at radius 1 is 1.59 bits per heavy atom. The fourth-order valence-electron chi connectivity index (χ4n) is 2.13. The molecule has 1 saturated heterocycles. The molecule has 2 heterocycles. The first kappa shape index (κ1) is 12.2. The third kappa shape index (κ3) is 2.88. The van der Waals surface area contributed by atoms with Gasteiger partial charge in [-0.15, -0.1) is 0 Å². The summed E-state index contributed by atoms with van der Waals surface area (Å²) in [5.74, 6) is 1.37. The number of rotatable bonds is 4. The molecule has 1 aliphatic rings. The molecular weight excluding hydrogens is 216 g/mol. The fourth-order valence-corrected chi connectivity index (χ4v) is 2.13. The molecule has 0 radical (unpaired) electrons. The zero-order chi connectivity index (χ0) is 12.3. The van der Waals surface area contributed by atoms with E-state index in [4.69, 9.17) is 9.47 Å². The van der Waals surface area contributed by atoms with Gasteiger partial charge < -0.3 is 14.8 Å². The standard InChI is InChI=1S/C13H20N2O2/c1-9-6-12(13(16-3)7-14-9)15-10(2)11-4-5-17-8-11/h6-7,10-11H,4-5,8H2,1-3H3,(H,14,15). The van der Waals surface area contributed by atoms with Crippen LogP contribution in [0, 0.1) is 12.8 Å². The molecule has 0 bridgehead atoms. The number of pyridine rings is 1. The largest absolute Gasteiger partial charge is 0.493 e. The minimum absolute atomic E-state index is 0.383. The first-order chi connectivity index (χ1) is 8.20. The van der Waals surface area contributed by atoms with Gasteiger partial charge in [-0.3, -0.25) is 4.98 Å². The number of aromatic nitrogens is 1. The molecule has 0 amide bonds. The minimum Gasteiger partial charge on any atom is -0.493 e. The summed E-state index contributed by atoms with van der Waals surface area (Å²) < 4.78 is 10.7. The van der Waals surface area contributed by atoms with Crippen molar-refractivity contribution in [2.75, 3.05) is 25.6 Å². The number of aryl methyl sites for hydroxylation is 1. The molecule has 0 aliphatic carbocycles. The zero-order valence-electron chi connectivity index (χ0n) is 10.7. The van der Waals surface area contributed by atoms with Crippen LogP contribution in [0.2, 0.25) is 0 Å². The second-order valence-corrected chi connectivity index (χ2v) is 4.58. The van der Waals surface area contributed by atoms with Crippen LogP contribution in [-0.2, 0) is 4.74 Å². The highest BCUT2D eigenvalue weighted by Crippen LogP contribution is 2.27. The van der Waals surface area contributed by atoms with Crippen LogP contribution < -0.4 is 10.1 Å². The predicted octanol–water partition coefficient (Wildman–Crippen LogP) is 2.24. The molecule has 17 heavy (non-hydrogen) atoms. The molecule has 2 atom stereocenters. The lowest BCUT2D eigenvalue weighted by Gasteiger charge is -2.21. The van der Waals surface area contributed by atoms with Gasteiger partial charge in [0, 0.05) is 24.3 Å². The number of ether oxygens (including phenoxy) is 2. The van der Waals surface area contributed by atoms with Crippen LogP contribution in [0.1, 0.15) is 19.0 Å². The Kier molecular flexibility index (Phi) is 3.84. The summed E-state index contributed by atoms with van der Waals surface area (Å²) in [5.41, 5.74) is 2.00. The Bertz CT molecular complexity index is 376. The van der Waals surface area contributed by atoms with Crippen LogP contribution in [0.15, 0.2) is 12.3 Å². The van der Waals surface area contributed by atoms with Crippen molar-refractivity contribution in [3.05, 3.63) is 18.0 Å². The Balaban J connectivity index is 2.08. The van der Waals surface area contributed by atoms with E-state index in [2.05, 4.69) is 17.2 Å². The molecule has 1 aromatic heterocycles. The van der Waals surface area contributed by atoms with Crippen LogP contribution in [0.3, 0.4) is 0 Å². The van der Waals surface area contributed by atoms with Crippen molar-refractivity contribution in [2.45, 2.75) is 26.3 Å². The highest BCUT2D eigenvalue weighted by atomic mass is 16.5. The van der Waals surface area contributed by atoms with Crippen molar-refractivity contribution in [2.24, 2.45) is 5.92 Å². The maximum Gasteiger partial charge on any atom is 0.160 e. The van der Waals surface area contributed by atoms with E-state index >= 15 is 0 Å². The topological polar surface area (TPSA) is 43.4 Å². The Labute approximate surface area is 102 Å². The number of nitrogens with one attached hydrogen (secondary N) is 1. The average molecular weight is 236 g/mol. The van der Waals surface area contributed by atoms with Crippen molar-refractivity contribution in [1.29, 1.82) is 0 Å². The van der Waals surface area contributed by atoms with E-state index in [1.54, 1.807) is 13.3 Å². The van der Waals surface area contributed by atoms with E-state index in [0.717, 1.165) is 36.8 Å². The number of nitrogens with zero attached hydrogens (tertiary/aromatic N) is 1. The molecule has 4 nitrogen and oxygen atoms in total. The number of hydrogen-bond donors (Lipinski definition) is 1. The Hall–Kier alpha value is -1.29. The minimum atomic E-state index is 0.383. The van der Waals surface area contributed by atoms with Gasteiger partial charge in [0.15, 0.2) is 5.75 Å². The normalized spacial score (nSPS) is 21.2. The van der Waals surface area contributed by atoms with Crippen molar-refractivity contribution < 1.29 is 9.47 Å². The summed E-state index contributed by atoms with van der Waals surface area (Å²) in [6.07, 6.45) is 2.89. The van der Waals surface area contributed by atoms with Gasteiger partial charge in [-0.25, -0.2) is 0 Å². The van der Waals surface area contributed by atoms with Gasteiger partial charge in [-0.2, -0.15) is 0 Å². The van der Waals surface area contributed by atoms with E-state index in [0.29, 0.717) is 12.0 Å². The number of anilines is 1. The maximum absolute atomic E-state index is 5.41. The van der Waals surface area contributed by atoms with Gasteiger partial charge in [0.1, 0.15) is 0 Å². The monoisotopic (exact) mass is 236 g/mol. The van der Waals surface area contributed by atoms with E-state index < -0.39 is 0 Å². The van der Waals surface area contributed by atoms with E-state index in [1.165, 1.54) is 0 Å². The van der Waals surface area contributed by atoms with Crippen LogP contribution in [0.4, 0.5) is 5.69 Å². The second-order valence-electron chi connectivity index (χ2n) is 4.58. The number of hydrogen-bond acceptors (Lipinski definition) is 4. The van der Waals surface area contributed by atoms with Gasteiger partial charge in [0.2, 0.25) is 0 Å². The predicted molar refractivity (Wildman–Crippen MR) is 67.5 cm³/mol. The zero-order valence-corrected chi connectivity index (χ0v) is 10.7. The summed E-state index contributed by atoms with van der Waals surface area (Å²) in [6.45, 7) is 5.90. The third-order valence-corrected chi connectivity index (χ3v) is 3.28. The summed E-state index contributed by atoms with van der Waals surface area (Å²) in [7, 11) is 1.67. The first-order valence-electron chi connectivity index (χ1n) is 6.05. The molecule has 1 N–H and O–H groups in total. The Morgan fingerprint density at radius 3 is 3.06 bits per heavy atom. The second kappa shape index (κ2) is 5.36. The fraction of sp³-hybridized carbons (Fsp3) is 0.615. The lowest BCUT2D eigenvalue weighted by Crippen LogP contribution is -2.26. The Morgan fingerprint density at radius 2 is 2.41 bits per heavy atom. The SMILES string of the molecule is COc1cnc(C)cc1NC(C)C1CCOC1. The average Bonchev–Trinajstić information content (AvgIpc) is 2.83. The molecule has 1 fully saturated rings. The highest BCUT2D eigenvalue weighted by molar-refractivity contribution is 5.56. The lowest BCUT2D eigenvalue weighted by atomic mass is 10.0. The van der Waals surface area contributed by atoms with Crippen molar-refractivity contribution in [1.82, 2.24) is 4.98 Å². The van der Waals surface area contributed by atoms with E-state index in [9.17, 15) is 0 Å². The smallest absolute Gasteiger partial charge is 0.160 e. The third-order valence-electron chi connectivity index (χ3n) is 3.28. The molecule has 2 unspecified atom stereocenters. The van der Waals surface area contributed by atoms with Crippen LogP contribution in [0.5, 0.6) is 5.75 Å². The highest BCUT2D eigenvalue weighted by Gasteiger charge is 2.22. The van der Waals surface area contributed by atoms with Gasteiger partial charge in [0.05, 0.1) is 25.6 Å². The molecule has 1 aliphatic heterocycles. The first-order valence-corrected chi connectivity index (χ1v) is 6.05. The van der Waals surface area contributed by atoms with Gasteiger partial charge in [-0.1, -0.05) is 0 Å². The van der Waals surface area contributed by atoms with Crippen LogP contribution in [-0.4, -0.2) is 31.3 Å². The molecule has 0 aromatic carbocycles. The maximum atomic E-state index is 5.41. The van der Waals surface area contributed by atoms with Crippen molar-refractivity contribution >= 4 is 5.69 Å². The van der Waals surface area contributed by atoms with Crippen molar-refractivity contribution in [3.63, 3.8) is 0 Å². The van der Waals surface area contributed by atoms with E-state index in [1.807, 2.05) is 13.0 Å². The molecule has 2 rings (SSSR count).